The summed E-state index contributed by atoms with van der Waals surface area (Å²) in [6.45, 7) is 0.216. The average molecular weight is 156 g/mol. The molecule has 0 radical (unpaired) electrons. The number of hydrogen-bond donors (Lipinski definition) is 2. The van der Waals surface area contributed by atoms with Gasteiger partial charge in [-0.2, -0.15) is 0 Å². The monoisotopic (exact) mass is 156 g/mol. The second-order valence-electron chi connectivity index (χ2n) is 3.14. The molecule has 2 rings (SSSR count). The largest absolute Gasteiger partial charge is 0.396 e. The van der Waals surface area contributed by atoms with Gasteiger partial charge < -0.3 is 14.9 Å². The Morgan fingerprint density at radius 3 is 1.82 bits per heavy atom. The molecule has 0 unspecified atom stereocenters. The second kappa shape index (κ2) is 2.59. The summed E-state index contributed by atoms with van der Waals surface area (Å²) in [5.74, 6) is 0.213. The highest BCUT2D eigenvalue weighted by molar-refractivity contribution is 5.14. The fourth-order valence-corrected chi connectivity index (χ4v) is 1.94. The quantitative estimate of drug-likeness (QED) is 0.532. The Morgan fingerprint density at radius 2 is 1.45 bits per heavy atom. The lowest BCUT2D eigenvalue weighted by Gasteiger charge is -2.20. The molecule has 0 saturated carbocycles. The Bertz CT molecular complexity index is 160. The normalized spacial score (nSPS) is 47.1. The third kappa shape index (κ3) is 0.922. The molecule has 62 valence electrons. The fraction of sp³-hybridized carbons (Fsp3) is 0.750. The Balaban J connectivity index is 2.15. The van der Waals surface area contributed by atoms with E-state index in [1.807, 2.05) is 12.2 Å². The molecule has 3 nitrogen and oxygen atoms in total. The first kappa shape index (κ1) is 7.28. The maximum atomic E-state index is 8.96. The summed E-state index contributed by atoms with van der Waals surface area (Å²) >= 11 is 0. The van der Waals surface area contributed by atoms with Crippen molar-refractivity contribution in [2.75, 3.05) is 13.2 Å². The molecule has 11 heavy (non-hydrogen) atoms. The van der Waals surface area contributed by atoms with E-state index in [-0.39, 0.29) is 37.3 Å². The standard InChI is InChI=1S/C8H12O3/c9-3-5-6(4-10)8-2-1-7(5)11-8/h1-2,5-10H,3-4H2/t5-,6+,7-,8+. The first-order valence-corrected chi connectivity index (χ1v) is 3.92. The maximum Gasteiger partial charge on any atom is 0.0819 e. The molecule has 2 N–H and O–H groups in total. The molecule has 2 bridgehead atoms. The van der Waals surface area contributed by atoms with Crippen LogP contribution >= 0.6 is 0 Å². The minimum atomic E-state index is 0.0437. The highest BCUT2D eigenvalue weighted by Gasteiger charge is 2.44. The predicted molar refractivity (Wildman–Crippen MR) is 39.0 cm³/mol. The summed E-state index contributed by atoms with van der Waals surface area (Å²) in [5, 5.41) is 17.9. The van der Waals surface area contributed by atoms with Gasteiger partial charge in [0, 0.05) is 25.0 Å². The Morgan fingerprint density at radius 1 is 1.00 bits per heavy atom. The zero-order valence-electron chi connectivity index (χ0n) is 6.18. The number of ether oxygens (including phenoxy) is 1. The van der Waals surface area contributed by atoms with Gasteiger partial charge >= 0.3 is 0 Å². The van der Waals surface area contributed by atoms with E-state index in [4.69, 9.17) is 14.9 Å². The van der Waals surface area contributed by atoms with Gasteiger partial charge in [-0.05, 0) is 0 Å². The van der Waals surface area contributed by atoms with E-state index in [1.165, 1.54) is 0 Å². The van der Waals surface area contributed by atoms with Crippen molar-refractivity contribution in [3.63, 3.8) is 0 Å². The van der Waals surface area contributed by atoms with Crippen LogP contribution in [0.15, 0.2) is 12.2 Å². The van der Waals surface area contributed by atoms with E-state index < -0.39 is 0 Å². The topological polar surface area (TPSA) is 49.7 Å². The summed E-state index contributed by atoms with van der Waals surface area (Å²) in [4.78, 5) is 0. The first-order valence-electron chi connectivity index (χ1n) is 3.92. The average Bonchev–Trinajstić information content (AvgIpc) is 2.60. The molecule has 1 fully saturated rings. The summed E-state index contributed by atoms with van der Waals surface area (Å²) < 4.78 is 5.45. The smallest absolute Gasteiger partial charge is 0.0819 e. The van der Waals surface area contributed by atoms with E-state index in [9.17, 15) is 0 Å². The molecule has 0 aromatic rings. The molecule has 1 saturated heterocycles. The Kier molecular flexibility index (Phi) is 1.71. The van der Waals surface area contributed by atoms with Gasteiger partial charge in [0.15, 0.2) is 0 Å². The number of rotatable bonds is 2. The highest BCUT2D eigenvalue weighted by Crippen LogP contribution is 2.38. The molecule has 4 atom stereocenters. The van der Waals surface area contributed by atoms with Crippen molar-refractivity contribution >= 4 is 0 Å². The molecule has 0 aromatic carbocycles. The lowest BCUT2D eigenvalue weighted by Crippen LogP contribution is -2.29. The molecule has 2 aliphatic heterocycles. The molecule has 0 spiro atoms. The molecule has 2 aliphatic rings. The summed E-state index contributed by atoms with van der Waals surface area (Å²) in [6.07, 6.45) is 4.03. The number of hydrogen-bond acceptors (Lipinski definition) is 3. The molecular formula is C8H12O3. The van der Waals surface area contributed by atoms with Crippen LogP contribution in [0.4, 0.5) is 0 Å². The van der Waals surface area contributed by atoms with Crippen molar-refractivity contribution in [1.82, 2.24) is 0 Å². The van der Waals surface area contributed by atoms with Crippen molar-refractivity contribution in [1.29, 1.82) is 0 Å². The van der Waals surface area contributed by atoms with Crippen LogP contribution in [0, 0.1) is 11.8 Å². The van der Waals surface area contributed by atoms with Crippen LogP contribution in [-0.4, -0.2) is 35.6 Å². The number of aliphatic hydroxyl groups excluding tert-OH is 2. The summed E-state index contributed by atoms with van der Waals surface area (Å²) in [5.41, 5.74) is 0. The Labute approximate surface area is 65.3 Å². The minimum Gasteiger partial charge on any atom is -0.396 e. The number of aliphatic hydroxyl groups is 2. The van der Waals surface area contributed by atoms with E-state index in [0.29, 0.717) is 0 Å². The molecule has 0 amide bonds. The van der Waals surface area contributed by atoms with Crippen LogP contribution in [0.1, 0.15) is 0 Å². The van der Waals surface area contributed by atoms with Crippen molar-refractivity contribution in [3.05, 3.63) is 12.2 Å². The van der Waals surface area contributed by atoms with Crippen molar-refractivity contribution in [2.45, 2.75) is 12.2 Å². The van der Waals surface area contributed by atoms with Crippen molar-refractivity contribution < 1.29 is 14.9 Å². The van der Waals surface area contributed by atoms with Gasteiger partial charge in [0.2, 0.25) is 0 Å². The minimum absolute atomic E-state index is 0.0437. The maximum absolute atomic E-state index is 8.96. The Hall–Kier alpha value is -0.380. The SMILES string of the molecule is OC[C@@H]1[C@H](CO)[C@@H]2C=C[C@H]1O2. The van der Waals surface area contributed by atoms with Crippen LogP contribution in [0.3, 0.4) is 0 Å². The van der Waals surface area contributed by atoms with Gasteiger partial charge in [-0.1, -0.05) is 12.2 Å². The van der Waals surface area contributed by atoms with E-state index >= 15 is 0 Å². The van der Waals surface area contributed by atoms with Gasteiger partial charge in [-0.25, -0.2) is 0 Å². The predicted octanol–water partition coefficient (Wildman–Crippen LogP) is -0.459. The van der Waals surface area contributed by atoms with Gasteiger partial charge in [-0.3, -0.25) is 0 Å². The highest BCUT2D eigenvalue weighted by atomic mass is 16.5. The molecule has 0 aliphatic carbocycles. The second-order valence-corrected chi connectivity index (χ2v) is 3.14. The van der Waals surface area contributed by atoms with E-state index in [0.717, 1.165) is 0 Å². The van der Waals surface area contributed by atoms with E-state index in [2.05, 4.69) is 0 Å². The fourth-order valence-electron chi connectivity index (χ4n) is 1.94. The van der Waals surface area contributed by atoms with Crippen LogP contribution in [0.5, 0.6) is 0 Å². The summed E-state index contributed by atoms with van der Waals surface area (Å²) in [7, 11) is 0. The van der Waals surface area contributed by atoms with E-state index in [1.54, 1.807) is 0 Å². The van der Waals surface area contributed by atoms with Crippen LogP contribution in [0.2, 0.25) is 0 Å². The molecular weight excluding hydrogens is 144 g/mol. The van der Waals surface area contributed by atoms with Crippen LogP contribution < -0.4 is 0 Å². The molecule has 3 heteroatoms. The zero-order chi connectivity index (χ0) is 7.84. The zero-order valence-corrected chi connectivity index (χ0v) is 6.18. The summed E-state index contributed by atoms with van der Waals surface area (Å²) in [6, 6.07) is 0. The first-order chi connectivity index (χ1) is 5.36. The third-order valence-corrected chi connectivity index (χ3v) is 2.62. The number of fused-ring (bicyclic) bond motifs is 2. The molecule has 2 heterocycles. The lowest BCUT2D eigenvalue weighted by molar-refractivity contribution is 0.0910. The van der Waals surface area contributed by atoms with Gasteiger partial charge in [0.1, 0.15) is 0 Å². The van der Waals surface area contributed by atoms with Gasteiger partial charge in [0.25, 0.3) is 0 Å². The lowest BCUT2D eigenvalue weighted by atomic mass is 9.84. The van der Waals surface area contributed by atoms with Crippen molar-refractivity contribution in [2.24, 2.45) is 11.8 Å². The van der Waals surface area contributed by atoms with Crippen molar-refractivity contribution in [3.8, 4) is 0 Å². The van der Waals surface area contributed by atoms with Gasteiger partial charge in [0.05, 0.1) is 12.2 Å². The molecule has 0 aromatic heterocycles. The van der Waals surface area contributed by atoms with Gasteiger partial charge in [-0.15, -0.1) is 0 Å². The van der Waals surface area contributed by atoms with Crippen LogP contribution in [0.25, 0.3) is 0 Å². The third-order valence-electron chi connectivity index (χ3n) is 2.62. The van der Waals surface area contributed by atoms with Crippen LogP contribution in [-0.2, 0) is 4.74 Å².